The molecule has 1 unspecified atom stereocenters. The van der Waals surface area contributed by atoms with Crippen molar-refractivity contribution in [2.75, 3.05) is 19.6 Å². The fraction of sp³-hybridized carbons (Fsp3) is 0.500. The molecule has 7 nitrogen and oxygen atoms in total. The summed E-state index contributed by atoms with van der Waals surface area (Å²) < 4.78 is 0. The lowest BCUT2D eigenvalue weighted by molar-refractivity contribution is 0.0675. The number of primary amides is 1. The number of pyridine rings is 1. The van der Waals surface area contributed by atoms with Crippen LogP contribution in [0.5, 0.6) is 0 Å². The van der Waals surface area contributed by atoms with E-state index in [1.165, 1.54) is 0 Å². The summed E-state index contributed by atoms with van der Waals surface area (Å²) in [5.41, 5.74) is 11.9. The predicted octanol–water partition coefficient (Wildman–Crippen LogP) is 0.0608. The number of amides is 3. The molecule has 0 radical (unpaired) electrons. The molecule has 1 aliphatic rings. The number of hydrogen-bond acceptors (Lipinski definition) is 4. The highest BCUT2D eigenvalue weighted by atomic mass is 16.2. The average Bonchev–Trinajstić information content (AvgIpc) is 2.52. The summed E-state index contributed by atoms with van der Waals surface area (Å²) in [5.74, 6) is 0.224. The van der Waals surface area contributed by atoms with Crippen LogP contribution in [0.4, 0.5) is 4.79 Å². The predicted molar refractivity (Wildman–Crippen MR) is 78.3 cm³/mol. The highest BCUT2D eigenvalue weighted by molar-refractivity contribution is 5.94. The molecule has 0 bridgehead atoms. The molecule has 5 N–H and O–H groups in total. The van der Waals surface area contributed by atoms with Gasteiger partial charge in [0.25, 0.3) is 5.91 Å². The number of likely N-dealkylation sites (tertiary alicyclic amines) is 1. The van der Waals surface area contributed by atoms with Crippen LogP contribution in [0.3, 0.4) is 0 Å². The molecule has 2 heterocycles. The van der Waals surface area contributed by atoms with Crippen LogP contribution < -0.4 is 16.8 Å². The second kappa shape index (κ2) is 7.03. The Morgan fingerprint density at radius 2 is 2.29 bits per heavy atom. The van der Waals surface area contributed by atoms with E-state index in [-0.39, 0.29) is 11.8 Å². The first-order valence-electron chi connectivity index (χ1n) is 7.07. The molecule has 0 spiro atoms. The maximum Gasteiger partial charge on any atom is 0.312 e. The van der Waals surface area contributed by atoms with Crippen LogP contribution in [0, 0.1) is 5.92 Å². The molecule has 1 aromatic heterocycles. The Morgan fingerprint density at radius 3 is 3.00 bits per heavy atom. The Balaban J connectivity index is 1.99. The van der Waals surface area contributed by atoms with E-state index in [9.17, 15) is 9.59 Å². The highest BCUT2D eigenvalue weighted by Gasteiger charge is 2.24. The first kappa shape index (κ1) is 15.2. The maximum atomic E-state index is 12.5. The smallest absolute Gasteiger partial charge is 0.312 e. The topological polar surface area (TPSA) is 114 Å². The highest BCUT2D eigenvalue weighted by Crippen LogP contribution is 2.18. The van der Waals surface area contributed by atoms with Crippen molar-refractivity contribution in [1.82, 2.24) is 15.2 Å². The van der Waals surface area contributed by atoms with Gasteiger partial charge < -0.3 is 21.7 Å². The molecule has 0 saturated carbocycles. The molecule has 2 rings (SSSR count). The third-order valence-electron chi connectivity index (χ3n) is 3.64. The summed E-state index contributed by atoms with van der Waals surface area (Å²) >= 11 is 0. The van der Waals surface area contributed by atoms with E-state index in [0.29, 0.717) is 30.9 Å². The van der Waals surface area contributed by atoms with Crippen molar-refractivity contribution in [3.8, 4) is 0 Å². The molecule has 0 aliphatic carbocycles. The summed E-state index contributed by atoms with van der Waals surface area (Å²) in [6, 6.07) is 2.90. The van der Waals surface area contributed by atoms with Gasteiger partial charge in [-0.2, -0.15) is 0 Å². The molecular formula is C14H21N5O2. The number of nitrogens with zero attached hydrogens (tertiary/aromatic N) is 2. The molecule has 1 aromatic rings. The lowest BCUT2D eigenvalue weighted by atomic mass is 9.97. The zero-order chi connectivity index (χ0) is 15.2. The van der Waals surface area contributed by atoms with Crippen LogP contribution in [0.1, 0.15) is 28.9 Å². The number of nitrogens with one attached hydrogen (secondary N) is 1. The fourth-order valence-electron chi connectivity index (χ4n) is 2.57. The monoisotopic (exact) mass is 291 g/mol. The van der Waals surface area contributed by atoms with Gasteiger partial charge in [0.15, 0.2) is 0 Å². The van der Waals surface area contributed by atoms with Gasteiger partial charge >= 0.3 is 6.03 Å². The van der Waals surface area contributed by atoms with Crippen LogP contribution in [-0.4, -0.2) is 41.5 Å². The third kappa shape index (κ3) is 4.16. The van der Waals surface area contributed by atoms with Crippen LogP contribution in [0.15, 0.2) is 18.3 Å². The quantitative estimate of drug-likeness (QED) is 0.727. The zero-order valence-electron chi connectivity index (χ0n) is 11.9. The van der Waals surface area contributed by atoms with Gasteiger partial charge in [-0.1, -0.05) is 0 Å². The fourth-order valence-corrected chi connectivity index (χ4v) is 2.57. The molecule has 1 aliphatic heterocycles. The third-order valence-corrected chi connectivity index (χ3v) is 3.64. The number of rotatable bonds is 4. The first-order valence-corrected chi connectivity index (χ1v) is 7.07. The van der Waals surface area contributed by atoms with Crippen LogP contribution >= 0.6 is 0 Å². The Labute approximate surface area is 123 Å². The van der Waals surface area contributed by atoms with E-state index in [0.717, 1.165) is 19.4 Å². The summed E-state index contributed by atoms with van der Waals surface area (Å²) in [6.45, 7) is 2.17. The van der Waals surface area contributed by atoms with Gasteiger partial charge in [-0.25, -0.2) is 4.79 Å². The van der Waals surface area contributed by atoms with Crippen molar-refractivity contribution >= 4 is 11.9 Å². The SMILES string of the molecule is NCc1cc(C(=O)N2CCCC(CNC(N)=O)C2)ccn1. The number of carbonyl (C=O) groups is 2. The number of nitrogens with two attached hydrogens (primary N) is 2. The van der Waals surface area contributed by atoms with E-state index < -0.39 is 6.03 Å². The summed E-state index contributed by atoms with van der Waals surface area (Å²) in [7, 11) is 0. The van der Waals surface area contributed by atoms with Gasteiger partial charge in [0.2, 0.25) is 0 Å². The van der Waals surface area contributed by atoms with Gasteiger partial charge in [0.1, 0.15) is 0 Å². The van der Waals surface area contributed by atoms with Gasteiger partial charge in [-0.05, 0) is 30.9 Å². The van der Waals surface area contributed by atoms with Crippen molar-refractivity contribution in [2.45, 2.75) is 19.4 Å². The Hall–Kier alpha value is -2.15. The zero-order valence-corrected chi connectivity index (χ0v) is 11.9. The number of carbonyl (C=O) groups excluding carboxylic acids is 2. The van der Waals surface area contributed by atoms with Crippen molar-refractivity contribution in [2.24, 2.45) is 17.4 Å². The summed E-state index contributed by atoms with van der Waals surface area (Å²) in [5, 5.41) is 2.61. The summed E-state index contributed by atoms with van der Waals surface area (Å²) in [6.07, 6.45) is 3.51. The molecule has 3 amide bonds. The lowest BCUT2D eigenvalue weighted by Crippen LogP contribution is -2.44. The van der Waals surface area contributed by atoms with E-state index in [1.807, 2.05) is 4.90 Å². The lowest BCUT2D eigenvalue weighted by Gasteiger charge is -2.32. The molecule has 7 heteroatoms. The minimum absolute atomic E-state index is 0.0177. The van der Waals surface area contributed by atoms with Crippen molar-refractivity contribution in [1.29, 1.82) is 0 Å². The number of urea groups is 1. The Morgan fingerprint density at radius 1 is 1.48 bits per heavy atom. The average molecular weight is 291 g/mol. The van der Waals surface area contributed by atoms with Gasteiger partial charge in [-0.3, -0.25) is 9.78 Å². The van der Waals surface area contributed by atoms with E-state index in [4.69, 9.17) is 11.5 Å². The van der Waals surface area contributed by atoms with E-state index in [1.54, 1.807) is 18.3 Å². The number of hydrogen-bond donors (Lipinski definition) is 3. The minimum Gasteiger partial charge on any atom is -0.352 e. The maximum absolute atomic E-state index is 12.5. The molecule has 0 aromatic carbocycles. The van der Waals surface area contributed by atoms with Crippen molar-refractivity contribution in [3.63, 3.8) is 0 Å². The van der Waals surface area contributed by atoms with Crippen molar-refractivity contribution in [3.05, 3.63) is 29.6 Å². The Bertz CT molecular complexity index is 520. The normalized spacial score (nSPS) is 18.3. The van der Waals surface area contributed by atoms with Crippen molar-refractivity contribution < 1.29 is 9.59 Å². The van der Waals surface area contributed by atoms with Crippen LogP contribution in [0.2, 0.25) is 0 Å². The minimum atomic E-state index is -0.528. The first-order chi connectivity index (χ1) is 10.1. The Kier molecular flexibility index (Phi) is 5.10. The second-order valence-electron chi connectivity index (χ2n) is 5.24. The molecule has 114 valence electrons. The molecule has 1 fully saturated rings. The van der Waals surface area contributed by atoms with E-state index in [2.05, 4.69) is 10.3 Å². The van der Waals surface area contributed by atoms with Gasteiger partial charge in [-0.15, -0.1) is 0 Å². The number of piperidine rings is 1. The van der Waals surface area contributed by atoms with Gasteiger partial charge in [0, 0.05) is 37.9 Å². The molecule has 21 heavy (non-hydrogen) atoms. The molecular weight excluding hydrogens is 270 g/mol. The van der Waals surface area contributed by atoms with E-state index >= 15 is 0 Å². The largest absolute Gasteiger partial charge is 0.352 e. The summed E-state index contributed by atoms with van der Waals surface area (Å²) in [4.78, 5) is 29.2. The van der Waals surface area contributed by atoms with Gasteiger partial charge in [0.05, 0.1) is 5.69 Å². The molecule has 1 saturated heterocycles. The standard InChI is InChI=1S/C14H21N5O2/c15-7-12-6-11(3-4-17-12)13(20)19-5-1-2-10(9-19)8-18-14(16)21/h3-4,6,10H,1-2,5,7-9,15H2,(H3,16,18,21). The second-order valence-corrected chi connectivity index (χ2v) is 5.24. The van der Waals surface area contributed by atoms with Crippen LogP contribution in [0.25, 0.3) is 0 Å². The number of aromatic nitrogens is 1. The van der Waals surface area contributed by atoms with Crippen LogP contribution in [-0.2, 0) is 6.54 Å². The molecule has 1 atom stereocenters.